The summed E-state index contributed by atoms with van der Waals surface area (Å²) < 4.78 is 1.09. The fourth-order valence-electron chi connectivity index (χ4n) is 5.32. The minimum atomic E-state index is -0.737. The largest absolute Gasteiger partial charge is 0.350 e. The van der Waals surface area contributed by atoms with Gasteiger partial charge in [-0.05, 0) is 57.0 Å². The van der Waals surface area contributed by atoms with E-state index in [0.29, 0.717) is 43.8 Å². The predicted molar refractivity (Wildman–Crippen MR) is 163 cm³/mol. The van der Waals surface area contributed by atoms with Gasteiger partial charge in [-0.2, -0.15) is 0 Å². The van der Waals surface area contributed by atoms with Gasteiger partial charge in [0.2, 0.25) is 17.7 Å². The lowest BCUT2D eigenvalue weighted by atomic mass is 9.84. The van der Waals surface area contributed by atoms with Crippen molar-refractivity contribution in [2.45, 2.75) is 90.1 Å². The number of hydrogen-bond acceptors (Lipinski definition) is 6. The molecule has 3 rings (SSSR count). The molecule has 0 aliphatic heterocycles. The highest BCUT2D eigenvalue weighted by Gasteiger charge is 2.27. The summed E-state index contributed by atoms with van der Waals surface area (Å²) in [7, 11) is 3.79. The lowest BCUT2D eigenvalue weighted by molar-refractivity contribution is -0.129. The van der Waals surface area contributed by atoms with Crippen LogP contribution in [0, 0.1) is 5.92 Å². The Bertz CT molecular complexity index is 1160. The second-order valence-corrected chi connectivity index (χ2v) is 12.4. The van der Waals surface area contributed by atoms with E-state index in [1.54, 1.807) is 11.3 Å². The van der Waals surface area contributed by atoms with E-state index in [1.807, 2.05) is 32.0 Å². The number of likely N-dealkylation sites (N-methyl/N-ethyl adjacent to an activating group) is 1. The molecule has 1 heterocycles. The van der Waals surface area contributed by atoms with Crippen LogP contribution in [0.2, 0.25) is 0 Å². The summed E-state index contributed by atoms with van der Waals surface area (Å²) >= 11 is 1.57. The Morgan fingerprint density at radius 1 is 1.12 bits per heavy atom. The summed E-state index contributed by atoms with van der Waals surface area (Å²) in [5, 5.41) is 9.94. The molecule has 0 saturated heterocycles. The fraction of sp³-hybridized carbons (Fsp3) is 0.613. The van der Waals surface area contributed by atoms with Gasteiger partial charge in [0, 0.05) is 37.5 Å². The number of thiazole rings is 1. The van der Waals surface area contributed by atoms with Gasteiger partial charge in [-0.1, -0.05) is 58.6 Å². The first-order valence-electron chi connectivity index (χ1n) is 14.8. The van der Waals surface area contributed by atoms with E-state index in [0.717, 1.165) is 40.9 Å². The van der Waals surface area contributed by atoms with Crippen molar-refractivity contribution >= 4 is 39.3 Å². The number of benzene rings is 1. The molecule has 0 unspecified atom stereocenters. The average molecular weight is 570 g/mol. The van der Waals surface area contributed by atoms with Crippen LogP contribution in [-0.2, 0) is 27.2 Å². The predicted octanol–water partition coefficient (Wildman–Crippen LogP) is 4.38. The molecule has 1 aliphatic carbocycles. The first kappa shape index (κ1) is 31.7. The van der Waals surface area contributed by atoms with Crippen LogP contribution < -0.4 is 16.0 Å². The standard InChI is InChI=1S/C31H47N5O3S/c1-6-11-28(37)34-26(18-29-35-25-15-14-22(7-2)17-27(25)40-29)31(39)33-24(16-23-12-9-8-10-13-23)19-32-30(38)21(3)20-36(4)5/h14-15,17,23-24,26H,3,6-13,16,18-20H2,1-2,4-5H3,(H,32,38)(H,33,39)(H,34,37)/t24-,26-/m0/s1. The molecule has 1 aliphatic rings. The summed E-state index contributed by atoms with van der Waals surface area (Å²) in [4.78, 5) is 45.6. The maximum absolute atomic E-state index is 13.7. The van der Waals surface area contributed by atoms with Crippen molar-refractivity contribution in [1.29, 1.82) is 0 Å². The molecule has 1 aromatic carbocycles. The Labute approximate surface area is 243 Å². The minimum Gasteiger partial charge on any atom is -0.350 e. The molecule has 1 fully saturated rings. The zero-order valence-corrected chi connectivity index (χ0v) is 25.5. The zero-order valence-electron chi connectivity index (χ0n) is 24.7. The fourth-order valence-corrected chi connectivity index (χ4v) is 6.39. The number of aryl methyl sites for hydroxylation is 1. The van der Waals surface area contributed by atoms with Crippen LogP contribution >= 0.6 is 11.3 Å². The highest BCUT2D eigenvalue weighted by atomic mass is 32.1. The van der Waals surface area contributed by atoms with E-state index >= 15 is 0 Å². The molecule has 2 aromatic rings. The van der Waals surface area contributed by atoms with Crippen molar-refractivity contribution in [2.24, 2.45) is 5.92 Å². The topological polar surface area (TPSA) is 103 Å². The second-order valence-electron chi connectivity index (χ2n) is 11.3. The number of rotatable bonds is 15. The van der Waals surface area contributed by atoms with E-state index in [4.69, 9.17) is 4.98 Å². The van der Waals surface area contributed by atoms with Gasteiger partial charge in [0.1, 0.15) is 6.04 Å². The maximum atomic E-state index is 13.7. The van der Waals surface area contributed by atoms with Crippen LogP contribution in [0.3, 0.4) is 0 Å². The lowest BCUT2D eigenvalue weighted by Crippen LogP contribution is -2.53. The number of carbonyl (C=O) groups is 3. The van der Waals surface area contributed by atoms with E-state index in [9.17, 15) is 14.4 Å². The van der Waals surface area contributed by atoms with Crippen molar-refractivity contribution in [3.63, 3.8) is 0 Å². The quantitative estimate of drug-likeness (QED) is 0.276. The molecule has 220 valence electrons. The first-order chi connectivity index (χ1) is 19.2. The Balaban J connectivity index is 1.75. The molecule has 9 heteroatoms. The SMILES string of the molecule is C=C(CN(C)C)C(=O)NC[C@H](CC1CCCCC1)NC(=O)[C@H](Cc1nc2ccc(CC)cc2s1)NC(=O)CCC. The number of hydrogen-bond donors (Lipinski definition) is 3. The third kappa shape index (κ3) is 10.0. The number of nitrogens with zero attached hydrogens (tertiary/aromatic N) is 2. The van der Waals surface area contributed by atoms with Gasteiger partial charge in [-0.25, -0.2) is 4.98 Å². The number of nitrogens with one attached hydrogen (secondary N) is 3. The van der Waals surface area contributed by atoms with Crippen LogP contribution in [0.5, 0.6) is 0 Å². The minimum absolute atomic E-state index is 0.144. The van der Waals surface area contributed by atoms with E-state index < -0.39 is 6.04 Å². The molecule has 8 nitrogen and oxygen atoms in total. The molecule has 1 aromatic heterocycles. The maximum Gasteiger partial charge on any atom is 0.247 e. The van der Waals surface area contributed by atoms with Gasteiger partial charge >= 0.3 is 0 Å². The van der Waals surface area contributed by atoms with E-state index in [2.05, 4.69) is 41.6 Å². The zero-order chi connectivity index (χ0) is 29.1. The summed E-state index contributed by atoms with van der Waals surface area (Å²) in [6, 6.07) is 5.27. The molecule has 0 bridgehead atoms. The summed E-state index contributed by atoms with van der Waals surface area (Å²) in [6.45, 7) is 8.77. The highest BCUT2D eigenvalue weighted by Crippen LogP contribution is 2.28. The van der Waals surface area contributed by atoms with Gasteiger partial charge in [0.25, 0.3) is 0 Å². The van der Waals surface area contributed by atoms with Crippen molar-refractivity contribution in [3.8, 4) is 0 Å². The van der Waals surface area contributed by atoms with Crippen LogP contribution in [-0.4, -0.2) is 66.9 Å². The Morgan fingerprint density at radius 2 is 1.88 bits per heavy atom. The molecule has 40 heavy (non-hydrogen) atoms. The molecular formula is C31H47N5O3S. The first-order valence-corrected chi connectivity index (χ1v) is 15.6. The number of fused-ring (bicyclic) bond motifs is 1. The van der Waals surface area contributed by atoms with Gasteiger partial charge in [-0.15, -0.1) is 11.3 Å². The number of aromatic nitrogens is 1. The third-order valence-corrected chi connectivity index (χ3v) is 8.48. The highest BCUT2D eigenvalue weighted by molar-refractivity contribution is 7.18. The van der Waals surface area contributed by atoms with Crippen molar-refractivity contribution < 1.29 is 14.4 Å². The molecule has 0 spiro atoms. The molecular weight excluding hydrogens is 522 g/mol. The third-order valence-electron chi connectivity index (χ3n) is 7.44. The van der Waals surface area contributed by atoms with Crippen molar-refractivity contribution in [1.82, 2.24) is 25.8 Å². The number of amides is 3. The molecule has 1 saturated carbocycles. The van der Waals surface area contributed by atoms with Gasteiger partial charge in [0.05, 0.1) is 15.2 Å². The Morgan fingerprint density at radius 3 is 2.55 bits per heavy atom. The molecule has 3 N–H and O–H groups in total. The van der Waals surface area contributed by atoms with E-state index in [-0.39, 0.29) is 23.8 Å². The summed E-state index contributed by atoms with van der Waals surface area (Å²) in [5.41, 5.74) is 2.64. The second kappa shape index (κ2) is 15.9. The molecule has 2 atom stereocenters. The van der Waals surface area contributed by atoms with Crippen molar-refractivity contribution in [2.75, 3.05) is 27.2 Å². The van der Waals surface area contributed by atoms with Crippen LogP contribution in [0.25, 0.3) is 10.2 Å². The molecule has 3 amide bonds. The summed E-state index contributed by atoms with van der Waals surface area (Å²) in [5.74, 6) is -0.0781. The lowest BCUT2D eigenvalue weighted by Gasteiger charge is -2.29. The van der Waals surface area contributed by atoms with Crippen LogP contribution in [0.4, 0.5) is 0 Å². The van der Waals surface area contributed by atoms with E-state index in [1.165, 1.54) is 24.8 Å². The van der Waals surface area contributed by atoms with Gasteiger partial charge in [-0.3, -0.25) is 14.4 Å². The number of carbonyl (C=O) groups excluding carboxylic acids is 3. The average Bonchev–Trinajstić information content (AvgIpc) is 3.33. The van der Waals surface area contributed by atoms with Crippen LogP contribution in [0.15, 0.2) is 30.4 Å². The van der Waals surface area contributed by atoms with Gasteiger partial charge < -0.3 is 20.9 Å². The van der Waals surface area contributed by atoms with Gasteiger partial charge in [0.15, 0.2) is 0 Å². The van der Waals surface area contributed by atoms with Crippen molar-refractivity contribution in [3.05, 3.63) is 40.9 Å². The van der Waals surface area contributed by atoms with Crippen LogP contribution in [0.1, 0.15) is 75.8 Å². The normalized spacial score (nSPS) is 15.5. The monoisotopic (exact) mass is 569 g/mol. The Kier molecular flexibility index (Phi) is 12.6. The smallest absolute Gasteiger partial charge is 0.247 e. The Hall–Kier alpha value is -2.78. The summed E-state index contributed by atoms with van der Waals surface area (Å²) in [6.07, 6.45) is 9.05. The molecule has 0 radical (unpaired) electrons.